The molecule has 3 rings (SSSR count). The molecule has 28 heavy (non-hydrogen) atoms. The highest BCUT2D eigenvalue weighted by Gasteiger charge is 2.21. The first-order chi connectivity index (χ1) is 13.5. The highest BCUT2D eigenvalue weighted by molar-refractivity contribution is 7.14. The van der Waals surface area contributed by atoms with Crippen LogP contribution in [-0.2, 0) is 9.53 Å². The van der Waals surface area contributed by atoms with Gasteiger partial charge < -0.3 is 25.4 Å². The van der Waals surface area contributed by atoms with Crippen molar-refractivity contribution in [2.75, 3.05) is 25.6 Å². The maximum Gasteiger partial charge on any atom is 0.271 e. The molecule has 0 aliphatic carbocycles. The summed E-state index contributed by atoms with van der Waals surface area (Å²) in [6.07, 6.45) is 2.03. The van der Waals surface area contributed by atoms with E-state index in [1.807, 2.05) is 24.3 Å². The SMILES string of the molecule is COc1cccc(Nc2nc(C(=O)NC(C)C(=O)NCC3CCCO3)cs2)c1. The molecule has 9 heteroatoms. The molecule has 150 valence electrons. The molecule has 0 bridgehead atoms. The topological polar surface area (TPSA) is 102 Å². The first-order valence-electron chi connectivity index (χ1n) is 9.12. The van der Waals surface area contributed by atoms with Crippen molar-refractivity contribution in [2.45, 2.75) is 31.9 Å². The van der Waals surface area contributed by atoms with Gasteiger partial charge in [0.05, 0.1) is 13.2 Å². The van der Waals surface area contributed by atoms with E-state index in [0.29, 0.717) is 11.7 Å². The second-order valence-corrected chi connectivity index (χ2v) is 7.33. The number of hydrogen-bond acceptors (Lipinski definition) is 7. The second kappa shape index (κ2) is 9.52. The van der Waals surface area contributed by atoms with Gasteiger partial charge in [-0.25, -0.2) is 4.98 Å². The van der Waals surface area contributed by atoms with Gasteiger partial charge in [0.1, 0.15) is 17.5 Å². The molecule has 1 aromatic heterocycles. The molecule has 1 saturated heterocycles. The molecule has 3 N–H and O–H groups in total. The van der Waals surface area contributed by atoms with Crippen LogP contribution in [0.5, 0.6) is 5.75 Å². The van der Waals surface area contributed by atoms with E-state index in [2.05, 4.69) is 20.9 Å². The summed E-state index contributed by atoms with van der Waals surface area (Å²) < 4.78 is 10.7. The highest BCUT2D eigenvalue weighted by Crippen LogP contribution is 2.23. The fraction of sp³-hybridized carbons (Fsp3) is 0.421. The predicted octanol–water partition coefficient (Wildman–Crippen LogP) is 2.31. The Bertz CT molecular complexity index is 820. The van der Waals surface area contributed by atoms with Gasteiger partial charge in [-0.2, -0.15) is 0 Å². The highest BCUT2D eigenvalue weighted by atomic mass is 32.1. The minimum absolute atomic E-state index is 0.0654. The summed E-state index contributed by atoms with van der Waals surface area (Å²) in [6.45, 7) is 2.84. The third-order valence-electron chi connectivity index (χ3n) is 4.33. The predicted molar refractivity (Wildman–Crippen MR) is 107 cm³/mol. The van der Waals surface area contributed by atoms with Crippen molar-refractivity contribution in [3.63, 3.8) is 0 Å². The van der Waals surface area contributed by atoms with Gasteiger partial charge in [0.25, 0.3) is 5.91 Å². The average molecular weight is 404 g/mol. The number of nitrogens with zero attached hydrogens (tertiary/aromatic N) is 1. The number of ether oxygens (including phenoxy) is 2. The monoisotopic (exact) mass is 404 g/mol. The summed E-state index contributed by atoms with van der Waals surface area (Å²) in [5.74, 6) is 0.0888. The van der Waals surface area contributed by atoms with Crippen LogP contribution in [0.15, 0.2) is 29.6 Å². The smallest absolute Gasteiger partial charge is 0.271 e. The number of carbonyl (C=O) groups excluding carboxylic acids is 2. The quantitative estimate of drug-likeness (QED) is 0.624. The molecule has 2 atom stereocenters. The largest absolute Gasteiger partial charge is 0.497 e. The van der Waals surface area contributed by atoms with Gasteiger partial charge in [-0.1, -0.05) is 6.07 Å². The number of benzene rings is 1. The Morgan fingerprint density at radius 3 is 3.04 bits per heavy atom. The van der Waals surface area contributed by atoms with Crippen molar-refractivity contribution >= 4 is 34.0 Å². The van der Waals surface area contributed by atoms with Crippen LogP contribution >= 0.6 is 11.3 Å². The van der Waals surface area contributed by atoms with Gasteiger partial charge in [-0.05, 0) is 31.9 Å². The van der Waals surface area contributed by atoms with Gasteiger partial charge in [-0.3, -0.25) is 9.59 Å². The van der Waals surface area contributed by atoms with Gasteiger partial charge in [-0.15, -0.1) is 11.3 Å². The zero-order valence-corrected chi connectivity index (χ0v) is 16.7. The molecule has 0 radical (unpaired) electrons. The Morgan fingerprint density at radius 2 is 2.29 bits per heavy atom. The van der Waals surface area contributed by atoms with Crippen LogP contribution in [0.25, 0.3) is 0 Å². The van der Waals surface area contributed by atoms with E-state index in [0.717, 1.165) is 30.9 Å². The van der Waals surface area contributed by atoms with Crippen LogP contribution in [0.1, 0.15) is 30.3 Å². The summed E-state index contributed by atoms with van der Waals surface area (Å²) >= 11 is 1.31. The molecule has 2 heterocycles. The minimum atomic E-state index is -0.662. The molecule has 0 spiro atoms. The van der Waals surface area contributed by atoms with Crippen LogP contribution in [0.2, 0.25) is 0 Å². The normalized spacial score (nSPS) is 17.0. The third kappa shape index (κ3) is 5.43. The summed E-state index contributed by atoms with van der Waals surface area (Å²) in [7, 11) is 1.60. The van der Waals surface area contributed by atoms with E-state index in [1.54, 1.807) is 19.4 Å². The lowest BCUT2D eigenvalue weighted by Gasteiger charge is -2.15. The fourth-order valence-electron chi connectivity index (χ4n) is 2.77. The second-order valence-electron chi connectivity index (χ2n) is 6.47. The van der Waals surface area contributed by atoms with E-state index >= 15 is 0 Å². The standard InChI is InChI=1S/C19H24N4O4S/c1-12(17(24)20-10-15-7-4-8-27-15)21-18(25)16-11-28-19(23-16)22-13-5-3-6-14(9-13)26-2/h3,5-6,9,11-12,15H,4,7-8,10H2,1-2H3,(H,20,24)(H,21,25)(H,22,23). The first kappa shape index (κ1) is 20.1. The molecule has 1 aliphatic rings. The Kier molecular flexibility index (Phi) is 6.83. The van der Waals surface area contributed by atoms with E-state index in [9.17, 15) is 9.59 Å². The molecule has 1 fully saturated rings. The summed E-state index contributed by atoms with van der Waals surface area (Å²) in [6, 6.07) is 6.76. The number of methoxy groups -OCH3 is 1. The zero-order chi connectivity index (χ0) is 19.9. The van der Waals surface area contributed by atoms with Gasteiger partial charge in [0.2, 0.25) is 5.91 Å². The van der Waals surface area contributed by atoms with E-state index < -0.39 is 11.9 Å². The Balaban J connectivity index is 1.50. The van der Waals surface area contributed by atoms with Crippen molar-refractivity contribution in [3.8, 4) is 5.75 Å². The maximum atomic E-state index is 12.4. The van der Waals surface area contributed by atoms with Crippen molar-refractivity contribution in [3.05, 3.63) is 35.3 Å². The Labute approximate surface area is 167 Å². The number of amides is 2. The Morgan fingerprint density at radius 1 is 1.43 bits per heavy atom. The van der Waals surface area contributed by atoms with Crippen LogP contribution < -0.4 is 20.7 Å². The first-order valence-corrected chi connectivity index (χ1v) is 10.00. The van der Waals surface area contributed by atoms with Crippen LogP contribution in [0.3, 0.4) is 0 Å². The van der Waals surface area contributed by atoms with Crippen molar-refractivity contribution in [1.29, 1.82) is 0 Å². The molecule has 2 aromatic rings. The zero-order valence-electron chi connectivity index (χ0n) is 15.9. The molecule has 1 aliphatic heterocycles. The molecule has 2 unspecified atom stereocenters. The number of hydrogen-bond donors (Lipinski definition) is 3. The average Bonchev–Trinajstić information content (AvgIpc) is 3.38. The lowest BCUT2D eigenvalue weighted by molar-refractivity contribution is -0.123. The van der Waals surface area contributed by atoms with Gasteiger partial charge >= 0.3 is 0 Å². The Hall–Kier alpha value is -2.65. The number of nitrogens with one attached hydrogen (secondary N) is 3. The molecule has 1 aromatic carbocycles. The third-order valence-corrected chi connectivity index (χ3v) is 5.08. The molecule has 0 saturated carbocycles. The minimum Gasteiger partial charge on any atom is -0.497 e. The van der Waals surface area contributed by atoms with E-state index in [-0.39, 0.29) is 17.7 Å². The van der Waals surface area contributed by atoms with Gasteiger partial charge in [0, 0.05) is 30.3 Å². The van der Waals surface area contributed by atoms with E-state index in [1.165, 1.54) is 11.3 Å². The van der Waals surface area contributed by atoms with Crippen LogP contribution in [0.4, 0.5) is 10.8 Å². The fourth-order valence-corrected chi connectivity index (χ4v) is 3.48. The van der Waals surface area contributed by atoms with Crippen molar-refractivity contribution < 1.29 is 19.1 Å². The molecule has 2 amide bonds. The number of thiazole rings is 1. The van der Waals surface area contributed by atoms with Crippen molar-refractivity contribution in [1.82, 2.24) is 15.6 Å². The summed E-state index contributed by atoms with van der Waals surface area (Å²) in [5.41, 5.74) is 1.07. The lowest BCUT2D eigenvalue weighted by Crippen LogP contribution is -2.46. The van der Waals surface area contributed by atoms with Gasteiger partial charge in [0.15, 0.2) is 5.13 Å². The maximum absolute atomic E-state index is 12.4. The van der Waals surface area contributed by atoms with Crippen molar-refractivity contribution in [2.24, 2.45) is 0 Å². The van der Waals surface area contributed by atoms with Crippen LogP contribution in [0, 0.1) is 0 Å². The summed E-state index contributed by atoms with van der Waals surface area (Å²) in [4.78, 5) is 28.8. The molecular formula is C19H24N4O4S. The summed E-state index contributed by atoms with van der Waals surface area (Å²) in [5, 5.41) is 10.8. The van der Waals surface area contributed by atoms with E-state index in [4.69, 9.17) is 9.47 Å². The van der Waals surface area contributed by atoms with Crippen LogP contribution in [-0.4, -0.2) is 49.2 Å². The number of anilines is 2. The molecular weight excluding hydrogens is 380 g/mol. The number of carbonyl (C=O) groups is 2. The lowest BCUT2D eigenvalue weighted by atomic mass is 10.2. The number of rotatable bonds is 8. The molecule has 8 nitrogen and oxygen atoms in total. The number of aromatic nitrogens is 1.